The van der Waals surface area contributed by atoms with Crippen molar-refractivity contribution in [3.8, 4) is 0 Å². The predicted molar refractivity (Wildman–Crippen MR) is 68.4 cm³/mol. The molecule has 17 heavy (non-hydrogen) atoms. The Balaban J connectivity index is 2.35. The number of aryl methyl sites for hydroxylation is 1. The van der Waals surface area contributed by atoms with Gasteiger partial charge in [-0.1, -0.05) is 0 Å². The molecule has 92 valence electrons. The molecule has 1 aromatic carbocycles. The number of hydrogen-bond acceptors (Lipinski definition) is 2. The van der Waals surface area contributed by atoms with Crippen LogP contribution in [0.3, 0.4) is 0 Å². The van der Waals surface area contributed by atoms with Crippen LogP contribution < -0.4 is 10.6 Å². The molecule has 0 bridgehead atoms. The number of nitrogens with two attached hydrogens (primary N) is 1. The number of carbonyl (C=O) groups is 1. The van der Waals surface area contributed by atoms with Crippen LogP contribution in [0, 0.1) is 18.7 Å². The Morgan fingerprint density at radius 3 is 2.88 bits per heavy atom. The van der Waals surface area contributed by atoms with Crippen molar-refractivity contribution in [2.75, 3.05) is 18.0 Å². The lowest BCUT2D eigenvalue weighted by molar-refractivity contribution is -0.117. The highest BCUT2D eigenvalue weighted by Gasteiger charge is 2.30. The minimum absolute atomic E-state index is 0.0188. The molecular formula is C12H14BrFN2O. The van der Waals surface area contributed by atoms with Gasteiger partial charge in [0.05, 0.1) is 4.47 Å². The van der Waals surface area contributed by atoms with Crippen LogP contribution in [-0.4, -0.2) is 19.0 Å². The molecule has 2 rings (SSSR count). The molecule has 5 heteroatoms. The largest absolute Gasteiger partial charge is 0.330 e. The van der Waals surface area contributed by atoms with Crippen LogP contribution >= 0.6 is 15.9 Å². The monoisotopic (exact) mass is 300 g/mol. The summed E-state index contributed by atoms with van der Waals surface area (Å²) in [6.45, 7) is 2.93. The first kappa shape index (κ1) is 12.5. The van der Waals surface area contributed by atoms with Gasteiger partial charge in [0.15, 0.2) is 0 Å². The van der Waals surface area contributed by atoms with E-state index in [4.69, 9.17) is 5.73 Å². The van der Waals surface area contributed by atoms with Crippen LogP contribution in [0.4, 0.5) is 10.1 Å². The van der Waals surface area contributed by atoms with Gasteiger partial charge in [-0.15, -0.1) is 0 Å². The van der Waals surface area contributed by atoms with Crippen molar-refractivity contribution in [1.29, 1.82) is 0 Å². The van der Waals surface area contributed by atoms with Crippen LogP contribution in [0.5, 0.6) is 0 Å². The Labute approximate surface area is 108 Å². The van der Waals surface area contributed by atoms with E-state index in [0.717, 1.165) is 5.56 Å². The molecule has 1 aliphatic rings. The van der Waals surface area contributed by atoms with Gasteiger partial charge in [0.25, 0.3) is 0 Å². The van der Waals surface area contributed by atoms with Gasteiger partial charge < -0.3 is 10.6 Å². The number of anilines is 1. The highest BCUT2D eigenvalue weighted by molar-refractivity contribution is 9.10. The molecule has 1 heterocycles. The summed E-state index contributed by atoms with van der Waals surface area (Å²) in [5, 5.41) is 0. The van der Waals surface area contributed by atoms with E-state index >= 15 is 0 Å². The van der Waals surface area contributed by atoms with Crippen LogP contribution in [0.2, 0.25) is 0 Å². The first-order valence-electron chi connectivity index (χ1n) is 5.49. The van der Waals surface area contributed by atoms with Gasteiger partial charge in [-0.05, 0) is 53.0 Å². The van der Waals surface area contributed by atoms with E-state index in [9.17, 15) is 9.18 Å². The second kappa shape index (κ2) is 4.74. The van der Waals surface area contributed by atoms with E-state index in [0.29, 0.717) is 29.7 Å². The zero-order chi connectivity index (χ0) is 12.6. The van der Waals surface area contributed by atoms with Gasteiger partial charge in [-0.3, -0.25) is 4.79 Å². The summed E-state index contributed by atoms with van der Waals surface area (Å²) >= 11 is 3.13. The molecule has 0 spiro atoms. The maximum Gasteiger partial charge on any atom is 0.227 e. The maximum atomic E-state index is 13.5. The van der Waals surface area contributed by atoms with Crippen molar-refractivity contribution in [3.63, 3.8) is 0 Å². The smallest absolute Gasteiger partial charge is 0.227 e. The van der Waals surface area contributed by atoms with Gasteiger partial charge in [-0.2, -0.15) is 0 Å². The first-order chi connectivity index (χ1) is 8.02. The van der Waals surface area contributed by atoms with E-state index in [2.05, 4.69) is 15.9 Å². The van der Waals surface area contributed by atoms with Gasteiger partial charge in [0, 0.05) is 18.7 Å². The Morgan fingerprint density at radius 1 is 1.59 bits per heavy atom. The second-order valence-corrected chi connectivity index (χ2v) is 5.22. The van der Waals surface area contributed by atoms with Crippen LogP contribution in [0.15, 0.2) is 16.6 Å². The first-order valence-corrected chi connectivity index (χ1v) is 6.28. The number of halogens is 2. The second-order valence-electron chi connectivity index (χ2n) is 4.36. The molecule has 1 amide bonds. The zero-order valence-electron chi connectivity index (χ0n) is 9.54. The number of carbonyl (C=O) groups excluding carboxylic acids is 1. The highest BCUT2D eigenvalue weighted by Crippen LogP contribution is 2.31. The molecule has 0 radical (unpaired) electrons. The third-order valence-corrected chi connectivity index (χ3v) is 3.68. The number of benzene rings is 1. The lowest BCUT2D eigenvalue weighted by Crippen LogP contribution is -2.26. The Bertz CT molecular complexity index is 464. The average molecular weight is 301 g/mol. The van der Waals surface area contributed by atoms with E-state index < -0.39 is 0 Å². The lowest BCUT2D eigenvalue weighted by Gasteiger charge is -2.19. The van der Waals surface area contributed by atoms with E-state index in [1.807, 2.05) is 6.92 Å². The molecule has 0 saturated carbocycles. The molecule has 1 aromatic rings. The molecular weight excluding hydrogens is 287 g/mol. The molecule has 1 unspecified atom stereocenters. The third kappa shape index (κ3) is 2.35. The van der Waals surface area contributed by atoms with Crippen molar-refractivity contribution < 1.29 is 9.18 Å². The van der Waals surface area contributed by atoms with Crippen LogP contribution in [0.1, 0.15) is 12.0 Å². The molecule has 1 aliphatic heterocycles. The summed E-state index contributed by atoms with van der Waals surface area (Å²) in [5.41, 5.74) is 7.09. The van der Waals surface area contributed by atoms with Crippen molar-refractivity contribution in [3.05, 3.63) is 28.0 Å². The Morgan fingerprint density at radius 2 is 2.29 bits per heavy atom. The molecule has 0 aliphatic carbocycles. The topological polar surface area (TPSA) is 46.3 Å². The summed E-state index contributed by atoms with van der Waals surface area (Å²) < 4.78 is 13.9. The van der Waals surface area contributed by atoms with Crippen molar-refractivity contribution >= 4 is 27.5 Å². The Kier molecular flexibility index (Phi) is 3.49. The van der Waals surface area contributed by atoms with E-state index in [1.165, 1.54) is 6.07 Å². The summed E-state index contributed by atoms with van der Waals surface area (Å²) in [6.07, 6.45) is 0.452. The standard InChI is InChI=1S/C12H14BrFN2O/c1-7-2-9(13)10(14)4-11(7)16-6-8(5-15)3-12(16)17/h2,4,8H,3,5-6,15H2,1H3. The van der Waals surface area contributed by atoms with Gasteiger partial charge >= 0.3 is 0 Å². The van der Waals surface area contributed by atoms with Crippen LogP contribution in [0.25, 0.3) is 0 Å². The van der Waals surface area contributed by atoms with E-state index in [1.54, 1.807) is 11.0 Å². The van der Waals surface area contributed by atoms with Crippen LogP contribution in [-0.2, 0) is 4.79 Å². The number of hydrogen-bond donors (Lipinski definition) is 1. The molecule has 0 aromatic heterocycles. The molecule has 1 fully saturated rings. The number of amides is 1. The third-order valence-electron chi connectivity index (χ3n) is 3.07. The predicted octanol–water partition coefficient (Wildman–Crippen LogP) is 2.21. The fourth-order valence-electron chi connectivity index (χ4n) is 2.10. The average Bonchev–Trinajstić information content (AvgIpc) is 2.65. The van der Waals surface area contributed by atoms with Crippen molar-refractivity contribution in [2.45, 2.75) is 13.3 Å². The Hall–Kier alpha value is -0.940. The summed E-state index contributed by atoms with van der Waals surface area (Å²) in [7, 11) is 0. The van der Waals surface area contributed by atoms with Gasteiger partial charge in [-0.25, -0.2) is 4.39 Å². The summed E-state index contributed by atoms with van der Waals surface area (Å²) in [4.78, 5) is 13.5. The number of nitrogens with zero attached hydrogens (tertiary/aromatic N) is 1. The fourth-order valence-corrected chi connectivity index (χ4v) is 2.56. The molecule has 2 N–H and O–H groups in total. The SMILES string of the molecule is Cc1cc(Br)c(F)cc1N1CC(CN)CC1=O. The summed E-state index contributed by atoms with van der Waals surface area (Å²) in [5.74, 6) is -0.159. The normalized spacial score (nSPS) is 20.1. The maximum absolute atomic E-state index is 13.5. The molecule has 1 saturated heterocycles. The number of rotatable bonds is 2. The van der Waals surface area contributed by atoms with Crippen molar-refractivity contribution in [1.82, 2.24) is 0 Å². The summed E-state index contributed by atoms with van der Waals surface area (Å²) in [6, 6.07) is 3.09. The lowest BCUT2D eigenvalue weighted by atomic mass is 10.1. The van der Waals surface area contributed by atoms with E-state index in [-0.39, 0.29) is 17.6 Å². The highest BCUT2D eigenvalue weighted by atomic mass is 79.9. The van der Waals surface area contributed by atoms with Gasteiger partial charge in [0.2, 0.25) is 5.91 Å². The quantitative estimate of drug-likeness (QED) is 0.910. The molecule has 3 nitrogen and oxygen atoms in total. The zero-order valence-corrected chi connectivity index (χ0v) is 11.1. The fraction of sp³-hybridized carbons (Fsp3) is 0.417. The van der Waals surface area contributed by atoms with Crippen molar-refractivity contribution in [2.24, 2.45) is 11.7 Å². The molecule has 1 atom stereocenters. The van der Waals surface area contributed by atoms with Gasteiger partial charge in [0.1, 0.15) is 5.82 Å². The minimum atomic E-state index is -0.352. The minimum Gasteiger partial charge on any atom is -0.330 e.